The van der Waals surface area contributed by atoms with Gasteiger partial charge in [0.15, 0.2) is 0 Å². The molecular formula is C13H18N2O2. The molecule has 2 atom stereocenters. The lowest BCUT2D eigenvalue weighted by atomic mass is 9.90. The molecule has 1 fully saturated rings. The van der Waals surface area contributed by atoms with Gasteiger partial charge in [0.25, 0.3) is 0 Å². The second kappa shape index (κ2) is 5.29. The van der Waals surface area contributed by atoms with Crippen LogP contribution in [0, 0.1) is 0 Å². The lowest BCUT2D eigenvalue weighted by Gasteiger charge is -2.23. The average molecular weight is 234 g/mol. The molecule has 4 heteroatoms. The monoisotopic (exact) mass is 234 g/mol. The summed E-state index contributed by atoms with van der Waals surface area (Å²) in [6.07, 6.45) is 2.32. The maximum absolute atomic E-state index is 10.8. The van der Waals surface area contributed by atoms with Gasteiger partial charge in [-0.15, -0.1) is 0 Å². The summed E-state index contributed by atoms with van der Waals surface area (Å²) >= 11 is 0. The van der Waals surface area contributed by atoms with Gasteiger partial charge in [0.1, 0.15) is 6.04 Å². The standard InChI is InChI=1S/C13H18N2O2/c14-12(13(16)17)10-4-1-3-9(7-10)11-5-2-6-15-8-11/h1,3-4,7,11-12,15H,2,5-6,8,14H2,(H,16,17). The van der Waals surface area contributed by atoms with E-state index >= 15 is 0 Å². The molecule has 2 unspecified atom stereocenters. The molecule has 2 rings (SSSR count). The quantitative estimate of drug-likeness (QED) is 0.735. The highest BCUT2D eigenvalue weighted by Gasteiger charge is 2.18. The molecule has 0 aromatic heterocycles. The average Bonchev–Trinajstić information content (AvgIpc) is 2.39. The number of hydrogen-bond acceptors (Lipinski definition) is 3. The third kappa shape index (κ3) is 2.84. The van der Waals surface area contributed by atoms with E-state index < -0.39 is 12.0 Å². The van der Waals surface area contributed by atoms with E-state index in [1.807, 2.05) is 12.1 Å². The zero-order valence-electron chi connectivity index (χ0n) is 9.73. The molecule has 0 spiro atoms. The summed E-state index contributed by atoms with van der Waals surface area (Å²) in [6, 6.07) is 6.72. The normalized spacial score (nSPS) is 22.1. The van der Waals surface area contributed by atoms with Gasteiger partial charge in [-0.1, -0.05) is 24.3 Å². The van der Waals surface area contributed by atoms with Gasteiger partial charge >= 0.3 is 5.97 Å². The van der Waals surface area contributed by atoms with E-state index in [4.69, 9.17) is 10.8 Å². The van der Waals surface area contributed by atoms with Gasteiger partial charge in [-0.2, -0.15) is 0 Å². The maximum atomic E-state index is 10.8. The molecule has 1 aliphatic heterocycles. The van der Waals surface area contributed by atoms with Crippen molar-refractivity contribution >= 4 is 5.97 Å². The summed E-state index contributed by atoms with van der Waals surface area (Å²) in [5.74, 6) is -0.506. The Balaban J connectivity index is 2.18. The first-order valence-electron chi connectivity index (χ1n) is 5.97. The Morgan fingerprint density at radius 2 is 2.35 bits per heavy atom. The van der Waals surface area contributed by atoms with Crippen LogP contribution < -0.4 is 11.1 Å². The number of rotatable bonds is 3. The van der Waals surface area contributed by atoms with Crippen molar-refractivity contribution in [3.05, 3.63) is 35.4 Å². The van der Waals surface area contributed by atoms with Crippen LogP contribution in [0.2, 0.25) is 0 Å². The van der Waals surface area contributed by atoms with Crippen molar-refractivity contribution in [3.8, 4) is 0 Å². The van der Waals surface area contributed by atoms with E-state index in [9.17, 15) is 4.79 Å². The number of nitrogens with one attached hydrogen (secondary N) is 1. The highest BCUT2D eigenvalue weighted by molar-refractivity contribution is 5.75. The van der Waals surface area contributed by atoms with Crippen molar-refractivity contribution in [1.29, 1.82) is 0 Å². The number of nitrogens with two attached hydrogens (primary N) is 1. The van der Waals surface area contributed by atoms with Gasteiger partial charge in [0.05, 0.1) is 0 Å². The van der Waals surface area contributed by atoms with E-state index in [0.29, 0.717) is 11.5 Å². The molecule has 0 bridgehead atoms. The second-order valence-corrected chi connectivity index (χ2v) is 4.53. The molecule has 17 heavy (non-hydrogen) atoms. The summed E-state index contributed by atoms with van der Waals surface area (Å²) in [6.45, 7) is 2.04. The number of hydrogen-bond donors (Lipinski definition) is 3. The van der Waals surface area contributed by atoms with Crippen molar-refractivity contribution in [1.82, 2.24) is 5.32 Å². The Morgan fingerprint density at radius 1 is 1.53 bits per heavy atom. The molecule has 1 aromatic carbocycles. The summed E-state index contributed by atoms with van der Waals surface area (Å²) in [5.41, 5.74) is 7.49. The lowest BCUT2D eigenvalue weighted by molar-refractivity contribution is -0.138. The minimum Gasteiger partial charge on any atom is -0.480 e. The molecule has 1 saturated heterocycles. The predicted molar refractivity (Wildman–Crippen MR) is 65.9 cm³/mol. The van der Waals surface area contributed by atoms with E-state index in [1.54, 1.807) is 6.07 Å². The summed E-state index contributed by atoms with van der Waals surface area (Å²) in [4.78, 5) is 10.8. The minimum atomic E-state index is -0.982. The van der Waals surface area contributed by atoms with Crippen LogP contribution in [0.15, 0.2) is 24.3 Å². The fraction of sp³-hybridized carbons (Fsp3) is 0.462. The highest BCUT2D eigenvalue weighted by Crippen LogP contribution is 2.25. The fourth-order valence-electron chi connectivity index (χ4n) is 2.29. The van der Waals surface area contributed by atoms with Crippen LogP contribution in [0.4, 0.5) is 0 Å². The first-order chi connectivity index (χ1) is 8.18. The third-order valence-corrected chi connectivity index (χ3v) is 3.30. The number of benzene rings is 1. The van der Waals surface area contributed by atoms with Crippen molar-refractivity contribution in [2.75, 3.05) is 13.1 Å². The molecule has 0 amide bonds. The molecule has 0 aliphatic carbocycles. The van der Waals surface area contributed by atoms with Gasteiger partial charge < -0.3 is 16.2 Å². The third-order valence-electron chi connectivity index (χ3n) is 3.30. The Morgan fingerprint density at radius 3 is 3.00 bits per heavy atom. The van der Waals surface area contributed by atoms with Crippen LogP contribution in [0.25, 0.3) is 0 Å². The molecule has 0 saturated carbocycles. The van der Waals surface area contributed by atoms with Gasteiger partial charge in [-0.05, 0) is 36.4 Å². The summed E-state index contributed by atoms with van der Waals surface area (Å²) in [5, 5.41) is 12.3. The van der Waals surface area contributed by atoms with Crippen LogP contribution in [-0.2, 0) is 4.79 Å². The zero-order chi connectivity index (χ0) is 12.3. The molecule has 92 valence electrons. The van der Waals surface area contributed by atoms with Crippen molar-refractivity contribution in [2.24, 2.45) is 5.73 Å². The predicted octanol–water partition coefficient (Wildman–Crippen LogP) is 1.24. The van der Waals surface area contributed by atoms with Gasteiger partial charge in [0.2, 0.25) is 0 Å². The first kappa shape index (κ1) is 12.1. The van der Waals surface area contributed by atoms with E-state index in [1.165, 1.54) is 12.0 Å². The molecule has 0 radical (unpaired) electrons. The molecule has 4 N–H and O–H groups in total. The molecule has 1 aromatic rings. The fourth-order valence-corrected chi connectivity index (χ4v) is 2.29. The maximum Gasteiger partial charge on any atom is 0.325 e. The van der Waals surface area contributed by atoms with E-state index in [2.05, 4.69) is 11.4 Å². The van der Waals surface area contributed by atoms with Crippen molar-refractivity contribution < 1.29 is 9.90 Å². The van der Waals surface area contributed by atoms with Gasteiger partial charge in [-0.3, -0.25) is 4.79 Å². The highest BCUT2D eigenvalue weighted by atomic mass is 16.4. The van der Waals surface area contributed by atoms with E-state index in [-0.39, 0.29) is 0 Å². The van der Waals surface area contributed by atoms with Crippen LogP contribution in [0.5, 0.6) is 0 Å². The number of piperidine rings is 1. The van der Waals surface area contributed by atoms with Crippen molar-refractivity contribution in [3.63, 3.8) is 0 Å². The summed E-state index contributed by atoms with van der Waals surface area (Å²) < 4.78 is 0. The zero-order valence-corrected chi connectivity index (χ0v) is 9.73. The minimum absolute atomic E-state index is 0.477. The SMILES string of the molecule is NC(C(=O)O)c1cccc(C2CCCNC2)c1. The number of carbonyl (C=O) groups is 1. The van der Waals surface area contributed by atoms with Gasteiger partial charge in [-0.25, -0.2) is 0 Å². The van der Waals surface area contributed by atoms with Gasteiger partial charge in [0, 0.05) is 6.54 Å². The van der Waals surface area contributed by atoms with Crippen LogP contribution in [0.1, 0.15) is 35.9 Å². The van der Waals surface area contributed by atoms with Crippen LogP contribution in [-0.4, -0.2) is 24.2 Å². The Bertz CT molecular complexity index is 400. The number of carboxylic acid groups (broad SMARTS) is 1. The second-order valence-electron chi connectivity index (χ2n) is 4.53. The Hall–Kier alpha value is -1.39. The summed E-state index contributed by atoms with van der Waals surface area (Å²) in [7, 11) is 0. The molecular weight excluding hydrogens is 216 g/mol. The molecule has 1 aliphatic rings. The Labute approximate surface area is 101 Å². The van der Waals surface area contributed by atoms with Crippen molar-refractivity contribution in [2.45, 2.75) is 24.8 Å². The van der Waals surface area contributed by atoms with Crippen LogP contribution >= 0.6 is 0 Å². The molecule has 4 nitrogen and oxygen atoms in total. The first-order valence-corrected chi connectivity index (χ1v) is 5.97. The Kier molecular flexibility index (Phi) is 3.76. The number of aliphatic carboxylic acids is 1. The smallest absolute Gasteiger partial charge is 0.325 e. The van der Waals surface area contributed by atoms with Crippen LogP contribution in [0.3, 0.4) is 0 Å². The molecule has 1 heterocycles. The van der Waals surface area contributed by atoms with E-state index in [0.717, 1.165) is 19.5 Å². The largest absolute Gasteiger partial charge is 0.480 e. The topological polar surface area (TPSA) is 75.4 Å². The lowest BCUT2D eigenvalue weighted by Crippen LogP contribution is -2.28. The number of carboxylic acids is 1.